The number of halogens is 4. The molecule has 1 nitrogen and oxygen atoms in total. The van der Waals surface area contributed by atoms with Crippen LogP contribution in [0.2, 0.25) is 0 Å². The first-order chi connectivity index (χ1) is 8.98. The summed E-state index contributed by atoms with van der Waals surface area (Å²) in [6.45, 7) is 8.01. The van der Waals surface area contributed by atoms with E-state index in [1.165, 1.54) is 6.07 Å². The number of nitrogens with zero attached hydrogens (tertiary/aromatic N) is 1. The van der Waals surface area contributed by atoms with Crippen molar-refractivity contribution in [2.24, 2.45) is 5.41 Å². The molecule has 0 aliphatic heterocycles. The van der Waals surface area contributed by atoms with E-state index in [0.29, 0.717) is 10.9 Å². The minimum atomic E-state index is -4.35. The maximum absolute atomic E-state index is 13.2. The second-order valence-corrected chi connectivity index (χ2v) is 6.70. The molecule has 0 saturated carbocycles. The molecule has 0 amide bonds. The van der Waals surface area contributed by atoms with Crippen LogP contribution in [0.4, 0.5) is 18.9 Å². The van der Waals surface area contributed by atoms with Crippen LogP contribution in [-0.4, -0.2) is 13.1 Å². The third-order valence-electron chi connectivity index (χ3n) is 3.73. The van der Waals surface area contributed by atoms with E-state index < -0.39 is 11.7 Å². The average Bonchev–Trinajstić information content (AvgIpc) is 2.34. The van der Waals surface area contributed by atoms with Crippen LogP contribution in [0.5, 0.6) is 0 Å². The highest BCUT2D eigenvalue weighted by atomic mass is 79.9. The molecule has 0 aliphatic carbocycles. The second-order valence-electron chi connectivity index (χ2n) is 6.14. The van der Waals surface area contributed by atoms with Crippen LogP contribution in [0.1, 0.15) is 38.8 Å². The lowest BCUT2D eigenvalue weighted by Crippen LogP contribution is -2.40. The Kier molecular flexibility index (Phi) is 5.17. The van der Waals surface area contributed by atoms with E-state index in [4.69, 9.17) is 0 Å². The zero-order valence-corrected chi connectivity index (χ0v) is 14.1. The lowest BCUT2D eigenvalue weighted by atomic mass is 9.86. The summed E-state index contributed by atoms with van der Waals surface area (Å²) in [7, 11) is 1.72. The molecule has 0 bridgehead atoms. The van der Waals surface area contributed by atoms with E-state index >= 15 is 0 Å². The predicted molar refractivity (Wildman–Crippen MR) is 81.4 cm³/mol. The van der Waals surface area contributed by atoms with Gasteiger partial charge in [0.2, 0.25) is 0 Å². The van der Waals surface area contributed by atoms with Crippen molar-refractivity contribution in [1.82, 2.24) is 0 Å². The van der Waals surface area contributed by atoms with Crippen molar-refractivity contribution in [2.45, 2.75) is 45.2 Å². The molecule has 5 heteroatoms. The fourth-order valence-corrected chi connectivity index (χ4v) is 2.34. The van der Waals surface area contributed by atoms with Gasteiger partial charge in [0.25, 0.3) is 0 Å². The smallest absolute Gasteiger partial charge is 0.371 e. The van der Waals surface area contributed by atoms with Crippen molar-refractivity contribution in [2.75, 3.05) is 11.9 Å². The molecule has 0 aliphatic rings. The predicted octanol–water partition coefficient (Wildman–Crippen LogP) is 5.47. The summed E-state index contributed by atoms with van der Waals surface area (Å²) in [5, 5.41) is 0.412. The maximum atomic E-state index is 13.2. The first kappa shape index (κ1) is 17.3. The summed E-state index contributed by atoms with van der Waals surface area (Å²) in [6.07, 6.45) is -4.35. The normalized spacial score (nSPS) is 14.2. The Bertz CT molecular complexity index is 463. The van der Waals surface area contributed by atoms with Crippen molar-refractivity contribution < 1.29 is 13.2 Å². The molecule has 0 saturated heterocycles. The number of hydrogen-bond donors (Lipinski definition) is 0. The molecule has 1 aromatic carbocycles. The monoisotopic (exact) mass is 351 g/mol. The van der Waals surface area contributed by atoms with Gasteiger partial charge in [0.15, 0.2) is 0 Å². The molecule has 0 fully saturated rings. The summed E-state index contributed by atoms with van der Waals surface area (Å²) in [5.41, 5.74) is 0.168. The highest BCUT2D eigenvalue weighted by Gasteiger charge is 2.36. The summed E-state index contributed by atoms with van der Waals surface area (Å²) >= 11 is 3.20. The van der Waals surface area contributed by atoms with Gasteiger partial charge in [0.05, 0.1) is 5.56 Å². The van der Waals surface area contributed by atoms with Crippen LogP contribution in [0, 0.1) is 5.41 Å². The van der Waals surface area contributed by atoms with Gasteiger partial charge in [0.1, 0.15) is 0 Å². The van der Waals surface area contributed by atoms with Gasteiger partial charge in [-0.1, -0.05) is 42.8 Å². The number of benzene rings is 1. The number of hydrogen-bond acceptors (Lipinski definition) is 1. The van der Waals surface area contributed by atoms with Crippen LogP contribution in [-0.2, 0) is 11.5 Å². The van der Waals surface area contributed by atoms with E-state index in [1.807, 2.05) is 27.7 Å². The summed E-state index contributed by atoms with van der Waals surface area (Å²) in [6, 6.07) is 4.49. The molecule has 0 aromatic heterocycles. The highest BCUT2D eigenvalue weighted by Crippen LogP contribution is 2.39. The zero-order valence-electron chi connectivity index (χ0n) is 12.5. The quantitative estimate of drug-likeness (QED) is 0.652. The van der Waals surface area contributed by atoms with Crippen LogP contribution in [0.3, 0.4) is 0 Å². The minimum absolute atomic E-state index is 0.0154. The fourth-order valence-electron chi connectivity index (χ4n) is 1.99. The Balaban J connectivity index is 3.31. The van der Waals surface area contributed by atoms with E-state index in [1.54, 1.807) is 24.1 Å². The maximum Gasteiger partial charge on any atom is 0.418 e. The van der Waals surface area contributed by atoms with Gasteiger partial charge in [-0.25, -0.2) is 0 Å². The summed E-state index contributed by atoms with van der Waals surface area (Å²) in [4.78, 5) is 1.71. The first-order valence-corrected chi connectivity index (χ1v) is 7.59. The van der Waals surface area contributed by atoms with Crippen molar-refractivity contribution >= 4 is 21.6 Å². The number of anilines is 1. The molecule has 114 valence electrons. The Morgan fingerprint density at radius 3 is 2.15 bits per heavy atom. The van der Waals surface area contributed by atoms with Crippen molar-refractivity contribution in [3.63, 3.8) is 0 Å². The van der Waals surface area contributed by atoms with Gasteiger partial charge < -0.3 is 4.90 Å². The third kappa shape index (κ3) is 3.90. The first-order valence-electron chi connectivity index (χ1n) is 6.47. The van der Waals surface area contributed by atoms with E-state index in [-0.39, 0.29) is 17.1 Å². The topological polar surface area (TPSA) is 3.24 Å². The number of alkyl halides is 4. The Hall–Kier alpha value is -0.710. The lowest BCUT2D eigenvalue weighted by molar-refractivity contribution is -0.137. The van der Waals surface area contributed by atoms with Crippen LogP contribution in [0.25, 0.3) is 0 Å². The Morgan fingerprint density at radius 1 is 1.20 bits per heavy atom. The standard InChI is InChI=1S/C15H21BrF3N/c1-10(14(2,3)4)20(5)13-7-6-11(9-16)8-12(13)15(17,18)19/h6-8,10H,9H2,1-5H3. The molecule has 0 N–H and O–H groups in total. The molecular weight excluding hydrogens is 331 g/mol. The van der Waals surface area contributed by atoms with Crippen molar-refractivity contribution in [3.8, 4) is 0 Å². The third-order valence-corrected chi connectivity index (χ3v) is 4.38. The SMILES string of the molecule is CC(N(C)c1ccc(CBr)cc1C(F)(F)F)C(C)(C)C. The second kappa shape index (κ2) is 5.96. The fraction of sp³-hybridized carbons (Fsp3) is 0.600. The zero-order chi connectivity index (χ0) is 15.7. The molecule has 1 rings (SSSR count). The molecule has 0 spiro atoms. The highest BCUT2D eigenvalue weighted by molar-refractivity contribution is 9.08. The van der Waals surface area contributed by atoms with E-state index in [0.717, 1.165) is 0 Å². The van der Waals surface area contributed by atoms with Gasteiger partial charge >= 0.3 is 6.18 Å². The molecular formula is C15H21BrF3N. The van der Waals surface area contributed by atoms with E-state index in [2.05, 4.69) is 15.9 Å². The molecule has 1 aromatic rings. The molecule has 1 unspecified atom stereocenters. The van der Waals surface area contributed by atoms with Crippen LogP contribution < -0.4 is 4.90 Å². The largest absolute Gasteiger partial charge is 0.418 e. The van der Waals surface area contributed by atoms with Crippen LogP contribution >= 0.6 is 15.9 Å². The molecule has 0 radical (unpaired) electrons. The van der Waals surface area contributed by atoms with Crippen LogP contribution in [0.15, 0.2) is 18.2 Å². The van der Waals surface area contributed by atoms with Crippen molar-refractivity contribution in [3.05, 3.63) is 29.3 Å². The molecule has 0 heterocycles. The van der Waals surface area contributed by atoms with E-state index in [9.17, 15) is 13.2 Å². The van der Waals surface area contributed by atoms with Gasteiger partial charge in [-0.3, -0.25) is 0 Å². The van der Waals surface area contributed by atoms with Gasteiger partial charge in [-0.05, 0) is 30.0 Å². The van der Waals surface area contributed by atoms with Gasteiger partial charge in [-0.15, -0.1) is 0 Å². The Labute approximate surface area is 127 Å². The van der Waals surface area contributed by atoms with Gasteiger partial charge in [-0.2, -0.15) is 13.2 Å². The molecule has 1 atom stereocenters. The summed E-state index contributed by atoms with van der Waals surface area (Å²) < 4.78 is 39.7. The Morgan fingerprint density at radius 2 is 1.75 bits per heavy atom. The van der Waals surface area contributed by atoms with Crippen molar-refractivity contribution in [1.29, 1.82) is 0 Å². The average molecular weight is 352 g/mol. The summed E-state index contributed by atoms with van der Waals surface area (Å²) in [5.74, 6) is 0. The minimum Gasteiger partial charge on any atom is -0.371 e. The lowest BCUT2D eigenvalue weighted by Gasteiger charge is -2.38. The molecule has 20 heavy (non-hydrogen) atoms. The van der Waals surface area contributed by atoms with Gasteiger partial charge in [0, 0.05) is 24.1 Å². The number of rotatable bonds is 3.